The van der Waals surface area contributed by atoms with Crippen LogP contribution in [0, 0.1) is 0 Å². The Kier molecular flexibility index (Phi) is 8.62. The molecule has 0 radical (unpaired) electrons. The molecule has 2 aliphatic carbocycles. The molecule has 8 aromatic carbocycles. The number of hydrogen-bond donors (Lipinski definition) is 0. The Labute approximate surface area is 327 Å². The molecule has 0 amide bonds. The standard InChI is InChI=1S/2C25H17.C2H7Si.Hf/c2*1-2-8-18(9-3-1)21-16-20-12-7-15-24(25(20)17-21)23-14-6-11-19-10-4-5-13-22(19)23;1-3-2;/h2*1-17H;3H,1-2H3;. The Balaban J connectivity index is 1.21. The molecule has 2 atom stereocenters. The molecule has 0 spiro atoms. The summed E-state index contributed by atoms with van der Waals surface area (Å²) in [6.07, 6.45) is 5.23. The molecular formula is C52H41HfSi. The minimum atomic E-state index is -2.78. The van der Waals surface area contributed by atoms with Crippen molar-refractivity contribution in [2.24, 2.45) is 0 Å². The van der Waals surface area contributed by atoms with Gasteiger partial charge in [0.15, 0.2) is 0 Å². The average molecular weight is 872 g/mol. The summed E-state index contributed by atoms with van der Waals surface area (Å²) in [7, 11) is 0. The second-order valence-corrected chi connectivity index (χ2v) is 43.1. The van der Waals surface area contributed by atoms with E-state index < -0.39 is 26.6 Å². The Bertz CT molecular complexity index is 2560. The van der Waals surface area contributed by atoms with Gasteiger partial charge in [-0.05, 0) is 0 Å². The van der Waals surface area contributed by atoms with E-state index in [0.29, 0.717) is 7.35 Å². The maximum absolute atomic E-state index is 2.78. The zero-order valence-electron chi connectivity index (χ0n) is 30.7. The monoisotopic (exact) mass is 873 g/mol. The van der Waals surface area contributed by atoms with Gasteiger partial charge in [-0.25, -0.2) is 0 Å². The molecule has 8 aromatic rings. The maximum atomic E-state index is 2.69. The van der Waals surface area contributed by atoms with Crippen molar-refractivity contribution in [3.05, 3.63) is 215 Å². The van der Waals surface area contributed by atoms with Crippen molar-refractivity contribution in [3.8, 4) is 22.3 Å². The predicted octanol–water partition coefficient (Wildman–Crippen LogP) is 13.8. The van der Waals surface area contributed by atoms with Crippen LogP contribution in [-0.4, -0.2) is 5.98 Å². The first-order valence-electron chi connectivity index (χ1n) is 19.3. The summed E-state index contributed by atoms with van der Waals surface area (Å²) in [5, 5.41) is 5.24. The Morgan fingerprint density at radius 2 is 0.741 bits per heavy atom. The van der Waals surface area contributed by atoms with Gasteiger partial charge in [0.1, 0.15) is 0 Å². The topological polar surface area (TPSA) is 0 Å². The van der Waals surface area contributed by atoms with Crippen LogP contribution in [-0.2, 0) is 20.6 Å². The van der Waals surface area contributed by atoms with E-state index in [-0.39, 0.29) is 0 Å². The van der Waals surface area contributed by atoms with Crippen molar-refractivity contribution in [2.45, 2.75) is 20.4 Å². The molecule has 0 saturated carbocycles. The van der Waals surface area contributed by atoms with Gasteiger partial charge in [-0.15, -0.1) is 0 Å². The Hall–Kier alpha value is -5.15. The fourth-order valence-corrected chi connectivity index (χ4v) is 41.1. The first-order chi connectivity index (χ1) is 26.7. The zero-order valence-corrected chi connectivity index (χ0v) is 35.5. The van der Waals surface area contributed by atoms with Crippen LogP contribution in [0.1, 0.15) is 40.7 Å². The summed E-state index contributed by atoms with van der Waals surface area (Å²) in [6.45, 7) is 5.37. The molecule has 257 valence electrons. The molecule has 10 rings (SSSR count). The molecule has 0 bridgehead atoms. The fourth-order valence-electron chi connectivity index (χ4n) is 9.51. The Morgan fingerprint density at radius 1 is 0.370 bits per heavy atom. The summed E-state index contributed by atoms with van der Waals surface area (Å²) in [5.41, 5.74) is 17.2. The van der Waals surface area contributed by atoms with Gasteiger partial charge >= 0.3 is 330 Å². The van der Waals surface area contributed by atoms with Gasteiger partial charge < -0.3 is 0 Å². The van der Waals surface area contributed by atoms with Gasteiger partial charge in [0.25, 0.3) is 0 Å². The third kappa shape index (κ3) is 5.58. The summed E-state index contributed by atoms with van der Waals surface area (Å²) in [4.78, 5) is 0. The molecule has 54 heavy (non-hydrogen) atoms. The van der Waals surface area contributed by atoms with E-state index in [4.69, 9.17) is 0 Å². The van der Waals surface area contributed by atoms with Crippen LogP contribution in [0.3, 0.4) is 0 Å². The van der Waals surface area contributed by atoms with Crippen LogP contribution in [0.5, 0.6) is 0 Å². The van der Waals surface area contributed by atoms with Gasteiger partial charge in [-0.3, -0.25) is 0 Å². The molecule has 0 N–H and O–H groups in total. The number of rotatable bonds is 7. The van der Waals surface area contributed by atoms with Gasteiger partial charge in [0, 0.05) is 0 Å². The van der Waals surface area contributed by atoms with Crippen molar-refractivity contribution in [2.75, 3.05) is 0 Å². The number of allylic oxidation sites excluding steroid dienone is 2. The molecule has 0 heterocycles. The van der Waals surface area contributed by atoms with E-state index in [1.165, 1.54) is 66.1 Å². The molecule has 2 aliphatic rings. The fraction of sp³-hybridized carbons (Fsp3) is 0.0769. The number of benzene rings is 8. The second kappa shape index (κ2) is 13.9. The zero-order chi connectivity index (χ0) is 36.2. The minimum absolute atomic E-state index is 0.471. The Morgan fingerprint density at radius 3 is 1.19 bits per heavy atom. The van der Waals surface area contributed by atoms with Crippen LogP contribution >= 0.6 is 0 Å². The molecule has 0 saturated heterocycles. The third-order valence-electron chi connectivity index (χ3n) is 11.8. The van der Waals surface area contributed by atoms with Crippen LogP contribution in [0.15, 0.2) is 182 Å². The normalized spacial score (nSPS) is 16.0. The quantitative estimate of drug-likeness (QED) is 0.140. The van der Waals surface area contributed by atoms with Crippen LogP contribution in [0.4, 0.5) is 0 Å². The first kappa shape index (κ1) is 33.4. The van der Waals surface area contributed by atoms with Gasteiger partial charge in [0.05, 0.1) is 0 Å². The molecule has 0 fully saturated rings. The van der Waals surface area contributed by atoms with Gasteiger partial charge in [-0.1, -0.05) is 0 Å². The molecule has 0 aromatic heterocycles. The van der Waals surface area contributed by atoms with Crippen molar-refractivity contribution in [1.82, 2.24) is 0 Å². The first-order valence-corrected chi connectivity index (χ1v) is 32.5. The van der Waals surface area contributed by atoms with Crippen molar-refractivity contribution < 1.29 is 20.6 Å². The summed E-state index contributed by atoms with van der Waals surface area (Å²) >= 11 is -2.78. The summed E-state index contributed by atoms with van der Waals surface area (Å²) < 4.78 is 0.941. The van der Waals surface area contributed by atoms with E-state index >= 15 is 0 Å². The summed E-state index contributed by atoms with van der Waals surface area (Å²) in [5.74, 6) is -1.16. The second-order valence-electron chi connectivity index (χ2n) is 15.1. The SMILES string of the molecule is C[SiH](C)[Hf]([CH]1C(c2ccccc2)=Cc2c(-c3cccc4ccccc34)cccc21)[CH]1C(c2ccccc2)=Cc2c(-c3cccc4ccccc34)cccc21. The average Bonchev–Trinajstić information content (AvgIpc) is 3.81. The predicted molar refractivity (Wildman–Crippen MR) is 232 cm³/mol. The summed E-state index contributed by atoms with van der Waals surface area (Å²) in [6, 6.07) is 68.5. The third-order valence-corrected chi connectivity index (χ3v) is 42.3. The van der Waals surface area contributed by atoms with Crippen molar-refractivity contribution in [3.63, 3.8) is 0 Å². The molecule has 0 aliphatic heterocycles. The molecular weight excluding hydrogens is 831 g/mol. The van der Waals surface area contributed by atoms with Gasteiger partial charge in [-0.2, -0.15) is 0 Å². The van der Waals surface area contributed by atoms with Crippen LogP contribution < -0.4 is 0 Å². The van der Waals surface area contributed by atoms with E-state index in [9.17, 15) is 0 Å². The number of fused-ring (bicyclic) bond motifs is 4. The van der Waals surface area contributed by atoms with Crippen LogP contribution in [0.2, 0.25) is 13.1 Å². The van der Waals surface area contributed by atoms with E-state index in [1.807, 2.05) is 0 Å². The van der Waals surface area contributed by atoms with Crippen LogP contribution in [0.25, 0.3) is 67.1 Å². The van der Waals surface area contributed by atoms with Gasteiger partial charge in [0.2, 0.25) is 0 Å². The molecule has 2 heteroatoms. The molecule has 2 unspecified atom stereocenters. The molecule has 0 nitrogen and oxygen atoms in total. The van der Waals surface area contributed by atoms with E-state index in [2.05, 4.69) is 207 Å². The number of hydrogen-bond acceptors (Lipinski definition) is 0. The van der Waals surface area contributed by atoms with E-state index in [0.717, 1.165) is 0 Å². The van der Waals surface area contributed by atoms with Crippen molar-refractivity contribution in [1.29, 1.82) is 0 Å². The van der Waals surface area contributed by atoms with E-state index in [1.54, 1.807) is 22.3 Å². The van der Waals surface area contributed by atoms with Crippen molar-refractivity contribution >= 4 is 50.8 Å².